The standard InChI is InChI=1S/C26H28N2O5S2/c1-26(2,17-19-11-13-21(14-12-19)34(3,30)31)18-24(29)23-16-20-8-7-15-27-25(20)28(23)35(32,33)22-9-5-4-6-10-22/h4-16,24,29H,17-18H2,1-3H3. The number of hydrogen-bond donors (Lipinski definition) is 1. The van der Waals surface area contributed by atoms with Crippen molar-refractivity contribution in [1.29, 1.82) is 0 Å². The second-order valence-electron chi connectivity index (χ2n) is 9.54. The number of nitrogens with zero attached hydrogens (tertiary/aromatic N) is 2. The first-order chi connectivity index (χ1) is 16.4. The van der Waals surface area contributed by atoms with Gasteiger partial charge in [-0.3, -0.25) is 0 Å². The molecule has 0 aliphatic heterocycles. The van der Waals surface area contributed by atoms with Gasteiger partial charge >= 0.3 is 0 Å². The van der Waals surface area contributed by atoms with Crippen LogP contribution in [0.4, 0.5) is 0 Å². The van der Waals surface area contributed by atoms with E-state index < -0.39 is 31.4 Å². The summed E-state index contributed by atoms with van der Waals surface area (Å²) < 4.78 is 51.7. The van der Waals surface area contributed by atoms with Crippen LogP contribution in [0.2, 0.25) is 0 Å². The molecule has 9 heteroatoms. The van der Waals surface area contributed by atoms with E-state index in [1.54, 1.807) is 60.7 Å². The molecule has 4 rings (SSSR count). The van der Waals surface area contributed by atoms with Gasteiger partial charge in [0.1, 0.15) is 0 Å². The normalized spacial score (nSPS) is 13.7. The van der Waals surface area contributed by atoms with Gasteiger partial charge in [0.25, 0.3) is 10.0 Å². The van der Waals surface area contributed by atoms with E-state index >= 15 is 0 Å². The summed E-state index contributed by atoms with van der Waals surface area (Å²) in [6, 6.07) is 19.9. The van der Waals surface area contributed by atoms with Crippen molar-refractivity contribution >= 4 is 30.9 Å². The minimum Gasteiger partial charge on any atom is -0.387 e. The van der Waals surface area contributed by atoms with E-state index in [-0.39, 0.29) is 27.6 Å². The van der Waals surface area contributed by atoms with E-state index in [2.05, 4.69) is 4.98 Å². The first-order valence-electron chi connectivity index (χ1n) is 11.1. The molecule has 0 aliphatic rings. The van der Waals surface area contributed by atoms with Crippen molar-refractivity contribution in [2.75, 3.05) is 6.26 Å². The van der Waals surface area contributed by atoms with Crippen molar-refractivity contribution in [3.8, 4) is 0 Å². The maximum Gasteiger partial charge on any atom is 0.269 e. The van der Waals surface area contributed by atoms with E-state index in [9.17, 15) is 21.9 Å². The first-order valence-corrected chi connectivity index (χ1v) is 14.5. The maximum absolute atomic E-state index is 13.6. The lowest BCUT2D eigenvalue weighted by atomic mass is 9.80. The van der Waals surface area contributed by atoms with Crippen LogP contribution in [0.5, 0.6) is 0 Å². The molecular weight excluding hydrogens is 484 g/mol. The van der Waals surface area contributed by atoms with Gasteiger partial charge < -0.3 is 5.11 Å². The topological polar surface area (TPSA) is 106 Å². The molecule has 0 bridgehead atoms. The summed E-state index contributed by atoms with van der Waals surface area (Å²) in [5.74, 6) is 0. The van der Waals surface area contributed by atoms with Gasteiger partial charge in [0.2, 0.25) is 0 Å². The number of aromatic nitrogens is 2. The summed E-state index contributed by atoms with van der Waals surface area (Å²) in [6.45, 7) is 3.97. The van der Waals surface area contributed by atoms with Crippen LogP contribution in [0.25, 0.3) is 11.0 Å². The Morgan fingerprint density at radius 1 is 0.914 bits per heavy atom. The largest absolute Gasteiger partial charge is 0.387 e. The lowest BCUT2D eigenvalue weighted by molar-refractivity contribution is 0.110. The molecule has 0 saturated heterocycles. The molecule has 4 aromatic rings. The summed E-state index contributed by atoms with van der Waals surface area (Å²) in [5, 5.41) is 11.9. The Morgan fingerprint density at radius 2 is 1.57 bits per heavy atom. The molecule has 0 saturated carbocycles. The molecule has 1 atom stereocenters. The Morgan fingerprint density at radius 3 is 2.20 bits per heavy atom. The quantitative estimate of drug-likeness (QED) is 0.376. The molecule has 0 spiro atoms. The van der Waals surface area contributed by atoms with Crippen LogP contribution in [0.1, 0.15) is 37.6 Å². The number of aliphatic hydroxyl groups excluding tert-OH is 1. The highest BCUT2D eigenvalue weighted by atomic mass is 32.2. The van der Waals surface area contributed by atoms with Crippen LogP contribution >= 0.6 is 0 Å². The van der Waals surface area contributed by atoms with Crippen molar-refractivity contribution in [3.63, 3.8) is 0 Å². The zero-order valence-electron chi connectivity index (χ0n) is 19.8. The van der Waals surface area contributed by atoms with E-state index in [0.29, 0.717) is 11.8 Å². The Kier molecular flexibility index (Phi) is 6.61. The highest BCUT2D eigenvalue weighted by molar-refractivity contribution is 7.90. The van der Waals surface area contributed by atoms with Crippen LogP contribution in [0, 0.1) is 5.41 Å². The molecule has 2 aromatic heterocycles. The number of pyridine rings is 1. The second kappa shape index (κ2) is 9.22. The minimum absolute atomic E-state index is 0.113. The molecule has 1 unspecified atom stereocenters. The predicted octanol–water partition coefficient (Wildman–Crippen LogP) is 4.37. The van der Waals surface area contributed by atoms with Gasteiger partial charge in [-0.15, -0.1) is 0 Å². The van der Waals surface area contributed by atoms with E-state index in [0.717, 1.165) is 9.54 Å². The summed E-state index contributed by atoms with van der Waals surface area (Å²) >= 11 is 0. The van der Waals surface area contributed by atoms with Crippen LogP contribution in [0.15, 0.2) is 88.8 Å². The Labute approximate surface area is 206 Å². The predicted molar refractivity (Wildman–Crippen MR) is 135 cm³/mol. The van der Waals surface area contributed by atoms with Gasteiger partial charge in [-0.05, 0) is 66.3 Å². The Hall–Kier alpha value is -3.01. The zero-order chi connectivity index (χ0) is 25.4. The zero-order valence-corrected chi connectivity index (χ0v) is 21.4. The number of rotatable bonds is 8. The molecular formula is C26H28N2O5S2. The van der Waals surface area contributed by atoms with Crippen molar-refractivity contribution in [2.45, 2.75) is 42.6 Å². The van der Waals surface area contributed by atoms with Crippen LogP contribution < -0.4 is 0 Å². The van der Waals surface area contributed by atoms with Crippen molar-refractivity contribution < 1.29 is 21.9 Å². The molecule has 0 amide bonds. The summed E-state index contributed by atoms with van der Waals surface area (Å²) in [4.78, 5) is 4.66. The third-order valence-corrected chi connectivity index (χ3v) is 8.81. The van der Waals surface area contributed by atoms with Crippen molar-refractivity contribution in [3.05, 3.63) is 90.3 Å². The average molecular weight is 513 g/mol. The molecule has 2 aromatic carbocycles. The average Bonchev–Trinajstić information content (AvgIpc) is 3.19. The molecule has 0 radical (unpaired) electrons. The Bertz CT molecular complexity index is 1560. The smallest absolute Gasteiger partial charge is 0.269 e. The lowest BCUT2D eigenvalue weighted by Crippen LogP contribution is -2.23. The van der Waals surface area contributed by atoms with Gasteiger partial charge in [0.15, 0.2) is 15.5 Å². The molecule has 1 N–H and O–H groups in total. The summed E-state index contributed by atoms with van der Waals surface area (Å²) in [6.07, 6.45) is 2.46. The second-order valence-corrected chi connectivity index (χ2v) is 13.3. The number of benzene rings is 2. The monoisotopic (exact) mass is 512 g/mol. The van der Waals surface area contributed by atoms with Gasteiger partial charge in [-0.1, -0.05) is 44.2 Å². The van der Waals surface area contributed by atoms with Gasteiger partial charge in [0, 0.05) is 17.8 Å². The van der Waals surface area contributed by atoms with Gasteiger partial charge in [-0.25, -0.2) is 25.8 Å². The van der Waals surface area contributed by atoms with E-state index in [4.69, 9.17) is 0 Å². The van der Waals surface area contributed by atoms with Gasteiger partial charge in [0.05, 0.1) is 21.6 Å². The van der Waals surface area contributed by atoms with E-state index in [1.165, 1.54) is 24.6 Å². The fourth-order valence-corrected chi connectivity index (χ4v) is 6.50. The van der Waals surface area contributed by atoms with Crippen molar-refractivity contribution in [2.24, 2.45) is 5.41 Å². The minimum atomic E-state index is -3.99. The first kappa shape index (κ1) is 25.1. The highest BCUT2D eigenvalue weighted by Gasteiger charge is 2.31. The summed E-state index contributed by atoms with van der Waals surface area (Å²) in [5.41, 5.74) is 1.02. The molecule has 0 aliphatic carbocycles. The lowest BCUT2D eigenvalue weighted by Gasteiger charge is -2.28. The number of sulfone groups is 1. The molecule has 35 heavy (non-hydrogen) atoms. The van der Waals surface area contributed by atoms with Crippen LogP contribution in [-0.2, 0) is 26.3 Å². The SMILES string of the molecule is CC(C)(Cc1ccc(S(C)(=O)=O)cc1)CC(O)c1cc2cccnc2n1S(=O)(=O)c1ccccc1. The Balaban J connectivity index is 1.67. The van der Waals surface area contributed by atoms with E-state index in [1.807, 2.05) is 13.8 Å². The molecule has 2 heterocycles. The number of fused-ring (bicyclic) bond motifs is 1. The third kappa shape index (κ3) is 5.32. The summed E-state index contributed by atoms with van der Waals surface area (Å²) in [7, 11) is -7.27. The fourth-order valence-electron chi connectivity index (χ4n) is 4.32. The van der Waals surface area contributed by atoms with Crippen LogP contribution in [0.3, 0.4) is 0 Å². The van der Waals surface area contributed by atoms with Crippen molar-refractivity contribution in [1.82, 2.24) is 8.96 Å². The molecule has 0 fully saturated rings. The third-order valence-electron chi connectivity index (χ3n) is 5.95. The number of hydrogen-bond acceptors (Lipinski definition) is 6. The number of aliphatic hydroxyl groups is 1. The fraction of sp³-hybridized carbons (Fsp3) is 0.269. The van der Waals surface area contributed by atoms with Crippen LogP contribution in [-0.4, -0.2) is 37.2 Å². The highest BCUT2D eigenvalue weighted by Crippen LogP contribution is 2.36. The van der Waals surface area contributed by atoms with Gasteiger partial charge in [-0.2, -0.15) is 0 Å². The maximum atomic E-state index is 13.6. The molecule has 7 nitrogen and oxygen atoms in total. The molecule has 184 valence electrons.